The molecule has 578 valence electrons. The lowest BCUT2D eigenvalue weighted by Crippen LogP contribution is -2.61. The van der Waals surface area contributed by atoms with E-state index in [9.17, 15) is 11.0 Å². The summed E-state index contributed by atoms with van der Waals surface area (Å²) in [6.45, 7) is 19.9. The van der Waals surface area contributed by atoms with Gasteiger partial charge in [-0.25, -0.2) is 0 Å². The summed E-state index contributed by atoms with van der Waals surface area (Å²) >= 11 is 0. The number of hydrogen-bond acceptors (Lipinski definition) is 2. The lowest BCUT2D eigenvalue weighted by molar-refractivity contribution is 0.590. The van der Waals surface area contributed by atoms with E-state index in [4.69, 9.17) is 0 Å². The number of fused-ring (bicyclic) bond motifs is 16. The number of anilines is 6. The Kier molecular flexibility index (Phi) is 14.3. The molecular weight excluding hydrogens is 1460 g/mol. The van der Waals surface area contributed by atoms with Crippen molar-refractivity contribution in [1.82, 2.24) is 18.3 Å². The molecule has 21 aromatic rings. The Morgan fingerprint density at radius 2 is 0.579 bits per heavy atom. The van der Waals surface area contributed by atoms with Crippen molar-refractivity contribution in [2.24, 2.45) is 0 Å². The van der Waals surface area contributed by atoms with Gasteiger partial charge in [-0.3, -0.25) is 0 Å². The third kappa shape index (κ3) is 11.4. The summed E-state index contributed by atoms with van der Waals surface area (Å²) in [6.07, 6.45) is 0. The van der Waals surface area contributed by atoms with Crippen molar-refractivity contribution in [2.45, 2.75) is 78.6 Å². The van der Waals surface area contributed by atoms with Crippen LogP contribution in [0.5, 0.6) is 0 Å². The normalized spacial score (nSPS) is 13.9. The summed E-state index contributed by atoms with van der Waals surface area (Å²) < 4.78 is 87.9. The van der Waals surface area contributed by atoms with Crippen LogP contribution in [0, 0.1) is 0 Å². The molecule has 23 rings (SSSR count). The summed E-state index contributed by atoms with van der Waals surface area (Å²) in [5, 5.41) is 6.77. The molecule has 0 saturated heterocycles. The first-order chi connectivity index (χ1) is 62.2. The minimum absolute atomic E-state index is 0.00646. The van der Waals surface area contributed by atoms with Crippen molar-refractivity contribution in [2.75, 3.05) is 9.80 Å². The molecule has 0 spiro atoms. The Bertz CT molecular complexity index is 8040. The predicted octanol–water partition coefficient (Wildman–Crippen LogP) is 28.7. The number of aromatic nitrogens is 4. The minimum Gasteiger partial charge on any atom is -0.311 e. The first kappa shape index (κ1) is 63.7. The van der Waals surface area contributed by atoms with Crippen molar-refractivity contribution >= 4 is 144 Å². The van der Waals surface area contributed by atoms with Crippen LogP contribution in [-0.4, -0.2) is 25.0 Å². The number of nitrogens with zero attached hydrogens (tertiary/aromatic N) is 6. The second-order valence-electron chi connectivity index (χ2n) is 35.9. The molecule has 0 unspecified atom stereocenters. The van der Waals surface area contributed by atoms with E-state index in [0.717, 1.165) is 172 Å². The van der Waals surface area contributed by atoms with E-state index in [0.29, 0.717) is 5.69 Å². The largest absolute Gasteiger partial charge is 0.311 e. The second kappa shape index (κ2) is 27.1. The van der Waals surface area contributed by atoms with Gasteiger partial charge >= 0.3 is 0 Å². The fraction of sp³-hybridized carbons (Fsp3) is 0.105. The maximum atomic E-state index is 10.4. The summed E-state index contributed by atoms with van der Waals surface area (Å²) in [6, 6.07) is 116. The van der Waals surface area contributed by atoms with Crippen LogP contribution < -0.4 is 26.2 Å². The van der Waals surface area contributed by atoms with Gasteiger partial charge in [0.15, 0.2) is 0 Å². The minimum atomic E-state index is -0.578. The second-order valence-corrected chi connectivity index (χ2v) is 35.9. The molecule has 0 N–H and O–H groups in total. The quantitative estimate of drug-likeness (QED) is 0.128. The van der Waals surface area contributed by atoms with Gasteiger partial charge in [0.1, 0.15) is 0 Å². The molecule has 0 saturated carbocycles. The van der Waals surface area contributed by atoms with E-state index in [1.165, 1.54) is 21.9 Å². The van der Waals surface area contributed by atoms with Gasteiger partial charge in [0.05, 0.1) is 66.5 Å². The van der Waals surface area contributed by atoms with Crippen LogP contribution >= 0.6 is 0 Å². The van der Waals surface area contributed by atoms with E-state index in [1.54, 1.807) is 4.57 Å². The molecule has 2 aliphatic rings. The third-order valence-electron chi connectivity index (χ3n) is 25.6. The van der Waals surface area contributed by atoms with Gasteiger partial charge in [-0.05, 0) is 222 Å². The van der Waals surface area contributed by atoms with Gasteiger partial charge in [-0.15, -0.1) is 0 Å². The van der Waals surface area contributed by atoms with Crippen molar-refractivity contribution < 1.29 is 11.0 Å². The van der Waals surface area contributed by atoms with Gasteiger partial charge in [-0.1, -0.05) is 299 Å². The summed E-state index contributed by atoms with van der Waals surface area (Å²) in [5.74, 6) is 0. The highest BCUT2D eigenvalue weighted by molar-refractivity contribution is 7.00. The monoisotopic (exact) mass is 1560 g/mol. The van der Waals surface area contributed by atoms with Gasteiger partial charge in [0.25, 0.3) is 6.71 Å². The molecular formula is C114H89BN6. The Morgan fingerprint density at radius 3 is 1.03 bits per heavy atom. The fourth-order valence-corrected chi connectivity index (χ4v) is 19.7. The Morgan fingerprint density at radius 1 is 0.231 bits per heavy atom. The molecule has 0 fully saturated rings. The molecule has 4 aromatic heterocycles. The molecule has 121 heavy (non-hydrogen) atoms. The number of para-hydroxylation sites is 5. The van der Waals surface area contributed by atoms with Crippen LogP contribution in [0.2, 0.25) is 0 Å². The Labute approximate surface area is 717 Å². The maximum absolute atomic E-state index is 10.4. The molecule has 6 nitrogen and oxygen atoms in total. The third-order valence-corrected chi connectivity index (χ3v) is 25.6. The van der Waals surface area contributed by atoms with E-state index in [1.807, 2.05) is 12.1 Å². The van der Waals surface area contributed by atoms with Crippen LogP contribution in [0.25, 0.3) is 154 Å². The van der Waals surface area contributed by atoms with Crippen molar-refractivity contribution in [3.63, 3.8) is 0 Å². The van der Waals surface area contributed by atoms with Crippen LogP contribution in [0.4, 0.5) is 34.1 Å². The van der Waals surface area contributed by atoms with E-state index >= 15 is 0 Å². The van der Waals surface area contributed by atoms with Crippen LogP contribution in [-0.2, 0) is 16.2 Å². The zero-order valence-corrected chi connectivity index (χ0v) is 68.9. The van der Waals surface area contributed by atoms with Crippen LogP contribution in [0.3, 0.4) is 0 Å². The standard InChI is InChI=1S/C114H89BN6/c1-112(2,3)78-50-57-103-93(63-78)94-64-79(113(4,5)6)51-58-104(94)118(103)83-53-56-97-107(69-83)121(111-91(74-36-18-12-19-37-74)65-80(114(7,8)9)66-92(111)75-38-20-13-21-39-75)109-71-85(119-100-47-29-24-42-88(100)89-43-25-30-48-101(89)119)70-108-110(109)115(97)96-55-52-82(68-106(96)120(108)84-61-76(72-32-14-10-15-33-72)60-77(62-84)73-34-16-11-17-35-73)117-102-49-31-26-44-90(102)95-67-81(54-59-105(95)117)116-98-45-27-22-40-86(98)87-41-23-28-46-99(87)116/h10-71H,1-9H3/i24D,25D,29D,30D,42D,43D,47D,48D. The average Bonchev–Trinajstić information content (AvgIpc) is 1.65. The number of benzene rings is 17. The first-order valence-corrected chi connectivity index (χ1v) is 42.0. The van der Waals surface area contributed by atoms with Gasteiger partial charge in [0, 0.05) is 99.7 Å². The fourth-order valence-electron chi connectivity index (χ4n) is 19.7. The number of hydrogen-bond donors (Lipinski definition) is 0. The zero-order valence-electron chi connectivity index (χ0n) is 76.9. The van der Waals surface area contributed by atoms with Crippen molar-refractivity contribution in [3.8, 4) is 67.3 Å². The molecule has 17 aromatic carbocycles. The topological polar surface area (TPSA) is 26.2 Å². The molecule has 0 aliphatic carbocycles. The lowest BCUT2D eigenvalue weighted by Gasteiger charge is -2.45. The Balaban J connectivity index is 0.908. The van der Waals surface area contributed by atoms with E-state index < -0.39 is 55.1 Å². The van der Waals surface area contributed by atoms with Crippen LogP contribution in [0.1, 0.15) is 90.0 Å². The van der Waals surface area contributed by atoms with Gasteiger partial charge < -0.3 is 28.1 Å². The highest BCUT2D eigenvalue weighted by Crippen LogP contribution is 2.55. The lowest BCUT2D eigenvalue weighted by atomic mass is 9.33. The molecule has 0 radical (unpaired) electrons. The zero-order chi connectivity index (χ0) is 88.4. The smallest absolute Gasteiger partial charge is 0.252 e. The first-order valence-electron chi connectivity index (χ1n) is 46.0. The predicted molar refractivity (Wildman–Crippen MR) is 516 cm³/mol. The highest BCUT2D eigenvalue weighted by Gasteiger charge is 2.46. The summed E-state index contributed by atoms with van der Waals surface area (Å²) in [7, 11) is 0. The van der Waals surface area contributed by atoms with E-state index in [2.05, 4.69) is 401 Å². The van der Waals surface area contributed by atoms with E-state index in [-0.39, 0.29) is 38.1 Å². The molecule has 6 heterocycles. The SMILES string of the molecule is [2H]c1c([2H])c([2H])c2c(c1[2H])c1c([2H])c([2H])c([2H])c([2H])c1n2-c1cc2c3c(c1)N(c1c(-c4ccccc4)cc(C(C)(C)C)cc1-c1ccccc1)c1cc(-n4c5ccc(C(C)(C)C)cc5c5cc(C(C)(C)C)ccc54)ccc1B3c1ccc(-n3c4ccccc4c4cc(-n5c6ccccc6c6ccccc65)ccc43)cc1N2c1cc(-c2ccccc2)cc(-c2ccccc2)c1. The number of rotatable bonds is 10. The van der Waals surface area contributed by atoms with Crippen LogP contribution in [0.15, 0.2) is 376 Å². The summed E-state index contributed by atoms with van der Waals surface area (Å²) in [5.41, 5.74) is 28.0. The molecule has 0 atom stereocenters. The highest BCUT2D eigenvalue weighted by atomic mass is 15.2. The maximum Gasteiger partial charge on any atom is 0.252 e. The van der Waals surface area contributed by atoms with Crippen molar-refractivity contribution in [1.29, 1.82) is 0 Å². The van der Waals surface area contributed by atoms with Gasteiger partial charge in [0.2, 0.25) is 0 Å². The van der Waals surface area contributed by atoms with Crippen molar-refractivity contribution in [3.05, 3.63) is 393 Å². The molecule has 7 heteroatoms. The van der Waals surface area contributed by atoms with Gasteiger partial charge in [-0.2, -0.15) is 0 Å². The average molecular weight is 1560 g/mol. The summed E-state index contributed by atoms with van der Waals surface area (Å²) in [4.78, 5) is 4.89. The molecule has 2 aliphatic heterocycles. The Hall–Kier alpha value is -14.4. The molecule has 0 bridgehead atoms. The molecule has 0 amide bonds.